The number of rotatable bonds is 6. The number of halogens is 1. The van der Waals surface area contributed by atoms with E-state index in [9.17, 15) is 14.4 Å². The minimum absolute atomic E-state index is 0.0546. The van der Waals surface area contributed by atoms with Crippen molar-refractivity contribution in [2.24, 2.45) is 4.99 Å². The number of aliphatic imine (C=N–C) groups is 1. The van der Waals surface area contributed by atoms with Crippen molar-refractivity contribution < 1.29 is 19.1 Å². The molecular formula is C21H20ClN3O4. The van der Waals surface area contributed by atoms with Crippen molar-refractivity contribution in [2.45, 2.75) is 26.0 Å². The molecule has 2 N–H and O–H groups in total. The summed E-state index contributed by atoms with van der Waals surface area (Å²) < 4.78 is 5.32. The van der Waals surface area contributed by atoms with Crippen LogP contribution < -0.4 is 10.6 Å². The summed E-state index contributed by atoms with van der Waals surface area (Å²) in [6.45, 7) is 1.75. The minimum Gasteiger partial charge on any atom is -0.430 e. The maximum atomic E-state index is 12.6. The first-order valence-corrected chi connectivity index (χ1v) is 9.50. The molecule has 150 valence electrons. The van der Waals surface area contributed by atoms with Crippen molar-refractivity contribution in [1.82, 2.24) is 5.32 Å². The van der Waals surface area contributed by atoms with Crippen LogP contribution in [0, 0.1) is 0 Å². The van der Waals surface area contributed by atoms with E-state index in [2.05, 4.69) is 15.6 Å². The van der Waals surface area contributed by atoms with Crippen LogP contribution >= 0.6 is 11.6 Å². The largest absolute Gasteiger partial charge is 0.430 e. The number of benzodiazepines with no additional fused rings is 1. The molecule has 0 saturated carbocycles. The molecule has 0 saturated heterocycles. The Morgan fingerprint density at radius 1 is 1.21 bits per heavy atom. The van der Waals surface area contributed by atoms with Gasteiger partial charge in [0, 0.05) is 36.0 Å². The van der Waals surface area contributed by atoms with Crippen molar-refractivity contribution in [1.29, 1.82) is 0 Å². The quantitative estimate of drug-likeness (QED) is 0.562. The second-order valence-electron chi connectivity index (χ2n) is 6.45. The molecule has 2 aromatic carbocycles. The predicted molar refractivity (Wildman–Crippen MR) is 110 cm³/mol. The number of hydrogen-bond donors (Lipinski definition) is 2. The van der Waals surface area contributed by atoms with Crippen LogP contribution in [0.2, 0.25) is 5.02 Å². The van der Waals surface area contributed by atoms with Gasteiger partial charge in [-0.3, -0.25) is 14.4 Å². The highest BCUT2D eigenvalue weighted by molar-refractivity contribution is 6.32. The maximum absolute atomic E-state index is 12.6. The van der Waals surface area contributed by atoms with E-state index in [0.29, 0.717) is 35.0 Å². The standard InChI is InChI=1S/C21H20ClN3O4/c1-13(26)23-11-5-8-18(27)29-21-20(28)24-17-10-9-15(22)12-16(17)19(25-21)14-6-3-2-4-7-14/h2-4,6-7,9-10,12,21H,5,8,11H2,1H3,(H,23,26)(H,24,28). The fourth-order valence-corrected chi connectivity index (χ4v) is 3.02. The first kappa shape index (κ1) is 20.5. The summed E-state index contributed by atoms with van der Waals surface area (Å²) >= 11 is 6.15. The van der Waals surface area contributed by atoms with E-state index in [1.165, 1.54) is 6.92 Å². The van der Waals surface area contributed by atoms with Gasteiger partial charge < -0.3 is 15.4 Å². The van der Waals surface area contributed by atoms with Gasteiger partial charge in [0.15, 0.2) is 0 Å². The first-order chi connectivity index (χ1) is 13.9. The normalized spacial score (nSPS) is 15.4. The minimum atomic E-state index is -1.33. The molecule has 7 nitrogen and oxygen atoms in total. The highest BCUT2D eigenvalue weighted by Gasteiger charge is 2.28. The molecule has 0 spiro atoms. The molecule has 1 heterocycles. The Morgan fingerprint density at radius 3 is 2.69 bits per heavy atom. The monoisotopic (exact) mass is 413 g/mol. The fourth-order valence-electron chi connectivity index (χ4n) is 2.85. The Morgan fingerprint density at radius 2 is 1.97 bits per heavy atom. The van der Waals surface area contributed by atoms with Gasteiger partial charge in [0.1, 0.15) is 0 Å². The second-order valence-corrected chi connectivity index (χ2v) is 6.89. The van der Waals surface area contributed by atoms with Crippen molar-refractivity contribution in [3.05, 3.63) is 64.7 Å². The van der Waals surface area contributed by atoms with E-state index in [1.54, 1.807) is 18.2 Å². The maximum Gasteiger partial charge on any atom is 0.308 e. The van der Waals surface area contributed by atoms with E-state index in [4.69, 9.17) is 16.3 Å². The zero-order valence-electron chi connectivity index (χ0n) is 15.8. The van der Waals surface area contributed by atoms with E-state index >= 15 is 0 Å². The van der Waals surface area contributed by atoms with E-state index in [1.807, 2.05) is 30.3 Å². The Balaban J connectivity index is 1.85. The number of amides is 2. The van der Waals surface area contributed by atoms with Crippen LogP contribution in [0.3, 0.4) is 0 Å². The average Bonchev–Trinajstić information content (AvgIpc) is 2.82. The van der Waals surface area contributed by atoms with Gasteiger partial charge in [0.05, 0.1) is 11.4 Å². The number of esters is 1. The van der Waals surface area contributed by atoms with Crippen LogP contribution in [0.25, 0.3) is 0 Å². The smallest absolute Gasteiger partial charge is 0.308 e. The number of fused-ring (bicyclic) bond motifs is 1. The average molecular weight is 414 g/mol. The molecule has 0 aromatic heterocycles. The number of nitrogens with one attached hydrogen (secondary N) is 2. The van der Waals surface area contributed by atoms with Crippen LogP contribution in [-0.4, -0.2) is 36.3 Å². The Kier molecular flexibility index (Phi) is 6.61. The van der Waals surface area contributed by atoms with Gasteiger partial charge in [-0.05, 0) is 24.6 Å². The molecular weight excluding hydrogens is 394 g/mol. The van der Waals surface area contributed by atoms with Gasteiger partial charge in [-0.15, -0.1) is 0 Å². The SMILES string of the molecule is CC(=O)NCCCC(=O)OC1N=C(c2ccccc2)c2cc(Cl)ccc2NC1=O. The lowest BCUT2D eigenvalue weighted by Crippen LogP contribution is -2.31. The first-order valence-electron chi connectivity index (χ1n) is 9.12. The third-order valence-electron chi connectivity index (χ3n) is 4.19. The summed E-state index contributed by atoms with van der Waals surface area (Å²) in [6.07, 6.45) is -0.874. The van der Waals surface area contributed by atoms with Gasteiger partial charge >= 0.3 is 5.97 Å². The highest BCUT2D eigenvalue weighted by atomic mass is 35.5. The van der Waals surface area contributed by atoms with Crippen LogP contribution in [-0.2, 0) is 19.1 Å². The Hall–Kier alpha value is -3.19. The summed E-state index contributed by atoms with van der Waals surface area (Å²) in [5.74, 6) is -1.29. The summed E-state index contributed by atoms with van der Waals surface area (Å²) in [7, 11) is 0. The summed E-state index contributed by atoms with van der Waals surface area (Å²) in [6, 6.07) is 14.3. The molecule has 0 bridgehead atoms. The number of carbonyl (C=O) groups excluding carboxylic acids is 3. The van der Waals surface area contributed by atoms with Crippen LogP contribution in [0.5, 0.6) is 0 Å². The van der Waals surface area contributed by atoms with E-state index in [0.717, 1.165) is 5.56 Å². The molecule has 1 unspecified atom stereocenters. The molecule has 0 aliphatic carbocycles. The number of benzene rings is 2. The highest BCUT2D eigenvalue weighted by Crippen LogP contribution is 2.27. The van der Waals surface area contributed by atoms with E-state index in [-0.39, 0.29) is 12.3 Å². The summed E-state index contributed by atoms with van der Waals surface area (Å²) in [5, 5.41) is 5.84. The van der Waals surface area contributed by atoms with Crippen molar-refractivity contribution in [3.8, 4) is 0 Å². The van der Waals surface area contributed by atoms with Crippen LogP contribution in [0.1, 0.15) is 30.9 Å². The lowest BCUT2D eigenvalue weighted by Gasteiger charge is -2.12. The third kappa shape index (κ3) is 5.42. The number of hydrogen-bond acceptors (Lipinski definition) is 5. The lowest BCUT2D eigenvalue weighted by atomic mass is 10.0. The summed E-state index contributed by atoms with van der Waals surface area (Å²) in [5.41, 5.74) is 2.43. The fraction of sp³-hybridized carbons (Fsp3) is 0.238. The molecule has 3 rings (SSSR count). The number of nitrogens with zero attached hydrogens (tertiary/aromatic N) is 1. The molecule has 2 amide bonds. The van der Waals surface area contributed by atoms with Gasteiger partial charge in [-0.25, -0.2) is 4.99 Å². The Labute approximate surface area is 173 Å². The molecule has 1 aliphatic rings. The zero-order valence-corrected chi connectivity index (χ0v) is 16.5. The molecule has 29 heavy (non-hydrogen) atoms. The molecule has 0 fully saturated rings. The third-order valence-corrected chi connectivity index (χ3v) is 4.42. The molecule has 1 atom stereocenters. The van der Waals surface area contributed by atoms with Crippen LogP contribution in [0.4, 0.5) is 5.69 Å². The summed E-state index contributed by atoms with van der Waals surface area (Å²) in [4.78, 5) is 40.1. The Bertz CT molecular complexity index is 960. The van der Waals surface area contributed by atoms with Gasteiger partial charge in [0.25, 0.3) is 12.1 Å². The number of ether oxygens (including phenoxy) is 1. The molecule has 1 aliphatic heterocycles. The molecule has 2 aromatic rings. The topological polar surface area (TPSA) is 96.9 Å². The molecule has 0 radical (unpaired) electrons. The van der Waals surface area contributed by atoms with Crippen molar-refractivity contribution in [2.75, 3.05) is 11.9 Å². The van der Waals surface area contributed by atoms with Gasteiger partial charge in [0.2, 0.25) is 5.91 Å². The number of carbonyl (C=O) groups is 3. The molecule has 8 heteroatoms. The predicted octanol–water partition coefficient (Wildman–Crippen LogP) is 2.92. The van der Waals surface area contributed by atoms with Crippen molar-refractivity contribution in [3.63, 3.8) is 0 Å². The van der Waals surface area contributed by atoms with Gasteiger partial charge in [-0.1, -0.05) is 41.9 Å². The lowest BCUT2D eigenvalue weighted by molar-refractivity contribution is -0.153. The van der Waals surface area contributed by atoms with Crippen LogP contribution in [0.15, 0.2) is 53.5 Å². The van der Waals surface area contributed by atoms with E-state index < -0.39 is 18.1 Å². The zero-order chi connectivity index (χ0) is 20.8. The van der Waals surface area contributed by atoms with Crippen molar-refractivity contribution >= 4 is 40.8 Å². The number of anilines is 1. The second kappa shape index (κ2) is 9.34. The van der Waals surface area contributed by atoms with Gasteiger partial charge in [-0.2, -0.15) is 0 Å².